The molecule has 1 aromatic rings. The van der Waals surface area contributed by atoms with E-state index in [9.17, 15) is 0 Å². The number of hydrogen-bond donors (Lipinski definition) is 1. The second-order valence-electron chi connectivity index (χ2n) is 4.40. The molecule has 1 saturated carbocycles. The van der Waals surface area contributed by atoms with E-state index in [4.69, 9.17) is 4.74 Å². The molecule has 0 bridgehead atoms. The van der Waals surface area contributed by atoms with Gasteiger partial charge in [-0.2, -0.15) is 0 Å². The highest BCUT2D eigenvalue weighted by Crippen LogP contribution is 2.23. The van der Waals surface area contributed by atoms with Crippen LogP contribution in [0, 0.1) is 6.92 Å². The van der Waals surface area contributed by atoms with E-state index in [-0.39, 0.29) is 0 Å². The van der Waals surface area contributed by atoms with Gasteiger partial charge in [0.1, 0.15) is 0 Å². The molecule has 1 aliphatic rings. The first-order valence-corrected chi connectivity index (χ1v) is 6.05. The zero-order chi connectivity index (χ0) is 11.4. The molecule has 1 aliphatic carbocycles. The molecule has 16 heavy (non-hydrogen) atoms. The van der Waals surface area contributed by atoms with Crippen molar-refractivity contribution in [2.45, 2.75) is 45.4 Å². The zero-order valence-corrected chi connectivity index (χ0v) is 10.1. The summed E-state index contributed by atoms with van der Waals surface area (Å²) in [6.07, 6.45) is 2.76. The fourth-order valence-electron chi connectivity index (χ4n) is 2.05. The Morgan fingerprint density at radius 2 is 2.25 bits per heavy atom. The van der Waals surface area contributed by atoms with Gasteiger partial charge in [-0.25, -0.2) is 0 Å². The van der Waals surface area contributed by atoms with Gasteiger partial charge in [-0.3, -0.25) is 4.98 Å². The highest BCUT2D eigenvalue weighted by Gasteiger charge is 2.28. The van der Waals surface area contributed by atoms with Crippen molar-refractivity contribution in [2.24, 2.45) is 0 Å². The van der Waals surface area contributed by atoms with Crippen molar-refractivity contribution in [3.63, 3.8) is 0 Å². The zero-order valence-electron chi connectivity index (χ0n) is 10.1. The van der Waals surface area contributed by atoms with Gasteiger partial charge in [-0.1, -0.05) is 6.07 Å². The van der Waals surface area contributed by atoms with E-state index < -0.39 is 0 Å². The summed E-state index contributed by atoms with van der Waals surface area (Å²) in [6.45, 7) is 5.78. The minimum atomic E-state index is 0.480. The van der Waals surface area contributed by atoms with Crippen molar-refractivity contribution in [1.82, 2.24) is 10.3 Å². The Hall–Kier alpha value is -0.930. The predicted molar refractivity (Wildman–Crippen MR) is 64.2 cm³/mol. The summed E-state index contributed by atoms with van der Waals surface area (Å²) < 4.78 is 5.52. The minimum Gasteiger partial charge on any atom is -0.378 e. The van der Waals surface area contributed by atoms with E-state index in [0.29, 0.717) is 12.1 Å². The number of ether oxygens (including phenoxy) is 1. The van der Waals surface area contributed by atoms with Crippen LogP contribution >= 0.6 is 0 Å². The van der Waals surface area contributed by atoms with Crippen molar-refractivity contribution in [3.05, 3.63) is 29.6 Å². The van der Waals surface area contributed by atoms with Crippen LogP contribution in [0.25, 0.3) is 0 Å². The number of hydrogen-bond acceptors (Lipinski definition) is 3. The van der Waals surface area contributed by atoms with Crippen molar-refractivity contribution in [1.29, 1.82) is 0 Å². The quantitative estimate of drug-likeness (QED) is 0.824. The third-order valence-corrected chi connectivity index (χ3v) is 3.02. The van der Waals surface area contributed by atoms with E-state index in [1.807, 2.05) is 13.0 Å². The lowest BCUT2D eigenvalue weighted by atomic mass is 9.89. The molecule has 1 N–H and O–H groups in total. The van der Waals surface area contributed by atoms with Crippen molar-refractivity contribution >= 4 is 0 Å². The molecule has 0 spiro atoms. The molecule has 0 radical (unpaired) electrons. The first-order valence-electron chi connectivity index (χ1n) is 6.05. The van der Waals surface area contributed by atoms with Gasteiger partial charge < -0.3 is 10.1 Å². The topological polar surface area (TPSA) is 34.1 Å². The third kappa shape index (κ3) is 3.03. The lowest BCUT2D eigenvalue weighted by Gasteiger charge is -2.35. The Morgan fingerprint density at radius 1 is 1.44 bits per heavy atom. The van der Waals surface area contributed by atoms with Crippen LogP contribution < -0.4 is 5.32 Å². The number of aromatic nitrogens is 1. The van der Waals surface area contributed by atoms with Crippen LogP contribution in [-0.4, -0.2) is 23.7 Å². The van der Waals surface area contributed by atoms with E-state index in [0.717, 1.165) is 37.4 Å². The van der Waals surface area contributed by atoms with Crippen LogP contribution in [0.5, 0.6) is 0 Å². The second kappa shape index (κ2) is 5.41. The normalized spacial score (nSPS) is 24.1. The lowest BCUT2D eigenvalue weighted by molar-refractivity contribution is -0.0103. The Bertz CT molecular complexity index is 334. The van der Waals surface area contributed by atoms with Crippen LogP contribution in [0.4, 0.5) is 0 Å². The molecule has 1 fully saturated rings. The monoisotopic (exact) mass is 220 g/mol. The van der Waals surface area contributed by atoms with Gasteiger partial charge in [0.05, 0.1) is 11.8 Å². The molecule has 3 nitrogen and oxygen atoms in total. The standard InChI is InChI=1S/C13H20N2O/c1-3-16-13-7-12(8-13)14-9-11-6-4-5-10(2)15-11/h4-6,12-14H,3,7-9H2,1-2H3. The SMILES string of the molecule is CCOC1CC(NCc2cccc(C)n2)C1. The van der Waals surface area contributed by atoms with Crippen LogP contribution in [-0.2, 0) is 11.3 Å². The molecule has 88 valence electrons. The Balaban J connectivity index is 1.69. The molecule has 0 amide bonds. The van der Waals surface area contributed by atoms with Gasteiger partial charge in [-0.15, -0.1) is 0 Å². The molecule has 0 aliphatic heterocycles. The Kier molecular flexibility index (Phi) is 3.91. The molecule has 0 saturated heterocycles. The minimum absolute atomic E-state index is 0.480. The molecule has 1 aromatic heterocycles. The van der Waals surface area contributed by atoms with E-state index in [1.54, 1.807) is 0 Å². The van der Waals surface area contributed by atoms with Crippen molar-refractivity contribution in [3.8, 4) is 0 Å². The van der Waals surface area contributed by atoms with E-state index >= 15 is 0 Å². The fraction of sp³-hybridized carbons (Fsp3) is 0.615. The molecular weight excluding hydrogens is 200 g/mol. The van der Waals surface area contributed by atoms with Gasteiger partial charge >= 0.3 is 0 Å². The molecule has 3 heteroatoms. The Morgan fingerprint density at radius 3 is 2.94 bits per heavy atom. The number of pyridine rings is 1. The van der Waals surface area contributed by atoms with E-state index in [1.165, 1.54) is 0 Å². The first-order chi connectivity index (χ1) is 7.78. The molecule has 0 atom stereocenters. The van der Waals surface area contributed by atoms with Crippen LogP contribution in [0.3, 0.4) is 0 Å². The maximum absolute atomic E-state index is 5.52. The molecular formula is C13H20N2O. The smallest absolute Gasteiger partial charge is 0.0604 e. The average molecular weight is 220 g/mol. The van der Waals surface area contributed by atoms with Crippen molar-refractivity contribution < 1.29 is 4.74 Å². The van der Waals surface area contributed by atoms with E-state index in [2.05, 4.69) is 29.4 Å². The predicted octanol–water partition coefficient (Wildman–Crippen LogP) is 2.05. The van der Waals surface area contributed by atoms with Gasteiger partial charge in [0.25, 0.3) is 0 Å². The van der Waals surface area contributed by atoms with Gasteiger partial charge in [0.2, 0.25) is 0 Å². The molecule has 1 heterocycles. The Labute approximate surface area is 97.2 Å². The van der Waals surface area contributed by atoms with Crippen molar-refractivity contribution in [2.75, 3.05) is 6.61 Å². The summed E-state index contributed by atoms with van der Waals surface area (Å²) in [5, 5.41) is 3.51. The van der Waals surface area contributed by atoms with Gasteiger partial charge in [0, 0.05) is 24.9 Å². The number of rotatable bonds is 5. The highest BCUT2D eigenvalue weighted by molar-refractivity contribution is 5.09. The summed E-state index contributed by atoms with van der Waals surface area (Å²) >= 11 is 0. The maximum atomic E-state index is 5.52. The molecule has 0 unspecified atom stereocenters. The van der Waals surface area contributed by atoms with Gasteiger partial charge in [0.15, 0.2) is 0 Å². The molecule has 2 rings (SSSR count). The summed E-state index contributed by atoms with van der Waals surface area (Å²) in [6, 6.07) is 6.76. The van der Waals surface area contributed by atoms with Crippen LogP contribution in [0.1, 0.15) is 31.2 Å². The number of nitrogens with one attached hydrogen (secondary N) is 1. The maximum Gasteiger partial charge on any atom is 0.0604 e. The first kappa shape index (κ1) is 11.6. The summed E-state index contributed by atoms with van der Waals surface area (Å²) in [5.74, 6) is 0. The lowest BCUT2D eigenvalue weighted by Crippen LogP contribution is -2.45. The average Bonchev–Trinajstić information content (AvgIpc) is 2.21. The fourth-order valence-corrected chi connectivity index (χ4v) is 2.05. The highest BCUT2D eigenvalue weighted by atomic mass is 16.5. The third-order valence-electron chi connectivity index (χ3n) is 3.02. The summed E-state index contributed by atoms with van der Waals surface area (Å²) in [5.41, 5.74) is 2.21. The second-order valence-corrected chi connectivity index (χ2v) is 4.40. The molecule has 0 aromatic carbocycles. The summed E-state index contributed by atoms with van der Waals surface area (Å²) in [7, 11) is 0. The largest absolute Gasteiger partial charge is 0.378 e. The number of aryl methyl sites for hydroxylation is 1. The van der Waals surface area contributed by atoms with Crippen LogP contribution in [0.2, 0.25) is 0 Å². The van der Waals surface area contributed by atoms with Crippen LogP contribution in [0.15, 0.2) is 18.2 Å². The summed E-state index contributed by atoms with van der Waals surface area (Å²) in [4.78, 5) is 4.47. The van der Waals surface area contributed by atoms with Gasteiger partial charge in [-0.05, 0) is 38.8 Å². The number of nitrogens with zero attached hydrogens (tertiary/aromatic N) is 1.